The van der Waals surface area contributed by atoms with E-state index >= 15 is 0 Å². The summed E-state index contributed by atoms with van der Waals surface area (Å²) in [7, 11) is -3.89. The average molecular weight is 711 g/mol. The molecule has 1 heterocycles. The molecule has 5 aromatic carbocycles. The van der Waals surface area contributed by atoms with Crippen LogP contribution in [-0.2, 0) is 25.9 Å². The SMILES string of the molecule is O=C(NCc1cc(F)ccc1F)[C@]1(CCS(=O)(=O)c2ccccc2)N=C(c2ccc(OCCCO)cc2)O[C@@H]1c1ccc(-c2ccccc2)cc1. The Labute approximate surface area is 295 Å². The van der Waals surface area contributed by atoms with Crippen LogP contribution in [0.4, 0.5) is 8.78 Å². The number of aliphatic hydroxyl groups is 1. The first-order valence-electron chi connectivity index (χ1n) is 16.4. The topological polar surface area (TPSA) is 114 Å². The summed E-state index contributed by atoms with van der Waals surface area (Å²) in [4.78, 5) is 19.4. The van der Waals surface area contributed by atoms with Gasteiger partial charge >= 0.3 is 0 Å². The molecule has 1 aliphatic heterocycles. The Kier molecular flexibility index (Phi) is 10.9. The van der Waals surface area contributed by atoms with Crippen LogP contribution in [0.5, 0.6) is 5.75 Å². The fourth-order valence-corrected chi connectivity index (χ4v) is 7.28. The molecular formula is C40H36F2N2O6S. The van der Waals surface area contributed by atoms with Gasteiger partial charge in [0.05, 0.1) is 17.3 Å². The Balaban J connectivity index is 1.41. The van der Waals surface area contributed by atoms with Gasteiger partial charge in [0.25, 0.3) is 5.91 Å². The van der Waals surface area contributed by atoms with Gasteiger partial charge in [-0.05, 0) is 71.3 Å². The fourth-order valence-electron chi connectivity index (χ4n) is 5.89. The minimum atomic E-state index is -3.89. The van der Waals surface area contributed by atoms with Gasteiger partial charge in [-0.15, -0.1) is 0 Å². The van der Waals surface area contributed by atoms with E-state index in [-0.39, 0.29) is 35.9 Å². The highest BCUT2D eigenvalue weighted by Gasteiger charge is 2.53. The van der Waals surface area contributed by atoms with Crippen molar-refractivity contribution in [2.45, 2.75) is 35.9 Å². The molecular weight excluding hydrogens is 675 g/mol. The van der Waals surface area contributed by atoms with E-state index < -0.39 is 44.8 Å². The molecule has 1 amide bonds. The number of aliphatic hydroxyl groups excluding tert-OH is 1. The quantitative estimate of drug-likeness (QED) is 0.122. The number of nitrogens with zero attached hydrogens (tertiary/aromatic N) is 1. The van der Waals surface area contributed by atoms with Crippen molar-refractivity contribution in [3.63, 3.8) is 0 Å². The second-order valence-electron chi connectivity index (χ2n) is 12.1. The summed E-state index contributed by atoms with van der Waals surface area (Å²) < 4.78 is 68.1. The van der Waals surface area contributed by atoms with Gasteiger partial charge < -0.3 is 19.9 Å². The van der Waals surface area contributed by atoms with Crippen molar-refractivity contribution in [3.8, 4) is 16.9 Å². The Hall–Kier alpha value is -5.39. The second-order valence-corrected chi connectivity index (χ2v) is 14.2. The molecule has 5 aromatic rings. The minimum absolute atomic E-state index is 0.00750. The first-order chi connectivity index (χ1) is 24.7. The summed E-state index contributed by atoms with van der Waals surface area (Å²) in [5.74, 6) is -1.92. The number of rotatable bonds is 14. The zero-order valence-electron chi connectivity index (χ0n) is 27.5. The number of nitrogens with one attached hydrogen (secondary N) is 1. The summed E-state index contributed by atoms with van der Waals surface area (Å²) in [6.07, 6.45) is -0.926. The third-order valence-electron chi connectivity index (χ3n) is 8.65. The number of amides is 1. The highest BCUT2D eigenvalue weighted by molar-refractivity contribution is 7.91. The molecule has 0 spiro atoms. The maximum Gasteiger partial charge on any atom is 0.252 e. The van der Waals surface area contributed by atoms with Crippen LogP contribution in [0.15, 0.2) is 137 Å². The molecule has 11 heteroatoms. The molecule has 262 valence electrons. The summed E-state index contributed by atoms with van der Waals surface area (Å²) >= 11 is 0. The molecule has 0 radical (unpaired) electrons. The van der Waals surface area contributed by atoms with Crippen molar-refractivity contribution in [3.05, 3.63) is 156 Å². The van der Waals surface area contributed by atoms with Crippen LogP contribution in [0.2, 0.25) is 0 Å². The lowest BCUT2D eigenvalue weighted by atomic mass is 9.84. The van der Waals surface area contributed by atoms with Gasteiger partial charge in [0.15, 0.2) is 21.5 Å². The number of carbonyl (C=O) groups excluding carboxylic acids is 1. The molecule has 8 nitrogen and oxygen atoms in total. The largest absolute Gasteiger partial charge is 0.494 e. The Bertz CT molecular complexity index is 2100. The first kappa shape index (κ1) is 35.4. The minimum Gasteiger partial charge on any atom is -0.494 e. The van der Waals surface area contributed by atoms with Crippen molar-refractivity contribution >= 4 is 21.6 Å². The van der Waals surface area contributed by atoms with Crippen molar-refractivity contribution in [1.82, 2.24) is 5.32 Å². The van der Waals surface area contributed by atoms with Crippen molar-refractivity contribution < 1.29 is 36.6 Å². The van der Waals surface area contributed by atoms with Crippen molar-refractivity contribution in [2.24, 2.45) is 4.99 Å². The smallest absolute Gasteiger partial charge is 0.252 e. The highest BCUT2D eigenvalue weighted by atomic mass is 32.2. The molecule has 0 fully saturated rings. The number of carbonyl (C=O) groups is 1. The predicted molar refractivity (Wildman–Crippen MR) is 190 cm³/mol. The predicted octanol–water partition coefficient (Wildman–Crippen LogP) is 6.83. The maximum atomic E-state index is 14.6. The number of ether oxygens (including phenoxy) is 2. The molecule has 0 unspecified atom stereocenters. The molecule has 2 atom stereocenters. The zero-order chi connectivity index (χ0) is 35.8. The number of sulfone groups is 1. The van der Waals surface area contributed by atoms with E-state index in [0.717, 1.165) is 29.3 Å². The van der Waals surface area contributed by atoms with Gasteiger partial charge in [-0.2, -0.15) is 0 Å². The molecule has 51 heavy (non-hydrogen) atoms. The van der Waals surface area contributed by atoms with Crippen LogP contribution < -0.4 is 10.1 Å². The molecule has 1 aliphatic rings. The zero-order valence-corrected chi connectivity index (χ0v) is 28.4. The fraction of sp³-hybridized carbons (Fsp3) is 0.200. The summed E-state index contributed by atoms with van der Waals surface area (Å²) in [6.45, 7) is -0.0636. The summed E-state index contributed by atoms with van der Waals surface area (Å²) in [5.41, 5.74) is 1.03. The third-order valence-corrected chi connectivity index (χ3v) is 10.4. The van der Waals surface area contributed by atoms with Crippen LogP contribution in [-0.4, -0.2) is 49.8 Å². The molecule has 2 N–H and O–H groups in total. The molecule has 0 aromatic heterocycles. The summed E-state index contributed by atoms with van der Waals surface area (Å²) in [5, 5.41) is 11.8. The lowest BCUT2D eigenvalue weighted by molar-refractivity contribution is -0.129. The molecule has 6 rings (SSSR count). The molecule has 0 bridgehead atoms. The molecule has 0 saturated heterocycles. The van der Waals surface area contributed by atoms with E-state index in [9.17, 15) is 22.0 Å². The van der Waals surface area contributed by atoms with Gasteiger partial charge in [0.1, 0.15) is 17.4 Å². The van der Waals surface area contributed by atoms with Crippen LogP contribution in [0, 0.1) is 11.6 Å². The number of benzene rings is 5. The van der Waals surface area contributed by atoms with Gasteiger partial charge in [-0.25, -0.2) is 22.2 Å². The van der Waals surface area contributed by atoms with Crippen LogP contribution in [0.25, 0.3) is 11.1 Å². The number of aliphatic imine (C=N–C) groups is 1. The van der Waals surface area contributed by atoms with E-state index in [4.69, 9.17) is 19.6 Å². The van der Waals surface area contributed by atoms with Gasteiger partial charge in [-0.3, -0.25) is 4.79 Å². The lowest BCUT2D eigenvalue weighted by Crippen LogP contribution is -2.49. The average Bonchev–Trinajstić information content (AvgIpc) is 3.56. The number of hydrogen-bond donors (Lipinski definition) is 2. The number of hydrogen-bond acceptors (Lipinski definition) is 7. The first-order valence-corrected chi connectivity index (χ1v) is 18.1. The van der Waals surface area contributed by atoms with E-state index in [1.54, 1.807) is 42.5 Å². The maximum absolute atomic E-state index is 14.6. The van der Waals surface area contributed by atoms with Gasteiger partial charge in [0.2, 0.25) is 5.90 Å². The molecule has 0 saturated carbocycles. The molecule has 0 aliphatic carbocycles. The Morgan fingerprint density at radius 1 is 0.843 bits per heavy atom. The van der Waals surface area contributed by atoms with Crippen molar-refractivity contribution in [1.29, 1.82) is 0 Å². The standard InChI is InChI=1S/C40H36F2N2O6S/c41-33-18-21-36(42)32(26-33)27-43-39(46)40(22-25-51(47,48)35-10-5-2-6-11-35)37(30-14-12-29(13-15-30)28-8-3-1-4-9-28)50-38(44-40)31-16-19-34(20-17-31)49-24-7-23-45/h1-6,8-21,26,37,45H,7,22-25,27H2,(H,43,46)/t37-,40-/m1/s1. The second kappa shape index (κ2) is 15.7. The van der Waals surface area contributed by atoms with Crippen molar-refractivity contribution in [2.75, 3.05) is 19.0 Å². The Morgan fingerprint density at radius 3 is 2.18 bits per heavy atom. The van der Waals surface area contributed by atoms with Crippen LogP contribution in [0.3, 0.4) is 0 Å². The Morgan fingerprint density at radius 2 is 1.49 bits per heavy atom. The van der Waals surface area contributed by atoms with E-state index in [2.05, 4.69) is 5.32 Å². The summed E-state index contributed by atoms with van der Waals surface area (Å²) in [6, 6.07) is 34.8. The highest BCUT2D eigenvalue weighted by Crippen LogP contribution is 2.43. The van der Waals surface area contributed by atoms with E-state index in [0.29, 0.717) is 29.9 Å². The number of halogens is 2. The normalized spacial score (nSPS) is 17.0. The lowest BCUT2D eigenvalue weighted by Gasteiger charge is -2.31. The van der Waals surface area contributed by atoms with E-state index in [1.807, 2.05) is 54.6 Å². The monoisotopic (exact) mass is 710 g/mol. The third kappa shape index (κ3) is 8.16. The van der Waals surface area contributed by atoms with Gasteiger partial charge in [-0.1, -0.05) is 72.8 Å². The van der Waals surface area contributed by atoms with Crippen LogP contribution in [0.1, 0.15) is 35.6 Å². The van der Waals surface area contributed by atoms with Crippen LogP contribution >= 0.6 is 0 Å². The van der Waals surface area contributed by atoms with Gasteiger partial charge in [0, 0.05) is 37.1 Å². The van der Waals surface area contributed by atoms with E-state index in [1.165, 1.54) is 12.1 Å².